The van der Waals surface area contributed by atoms with Crippen molar-refractivity contribution in [2.75, 3.05) is 6.61 Å². The molecule has 0 amide bonds. The van der Waals surface area contributed by atoms with E-state index in [0.29, 0.717) is 13.0 Å². The van der Waals surface area contributed by atoms with Crippen LogP contribution in [0.1, 0.15) is 175 Å². The van der Waals surface area contributed by atoms with Gasteiger partial charge in [0, 0.05) is 13.0 Å². The Balaban J connectivity index is 0. The third kappa shape index (κ3) is 39.0. The standard InChI is InChI=1S/C18H38O.C12H24O2/c1-18(2)16-14-12-10-8-6-4-3-5-7-9-11-13-15-17-19;1-2-3-4-5-6-7-8-9-10-11-12(13)14/h18-19H,3-17H2,1-2H3;2-11H2,1H3,(H,13,14). The largest absolute Gasteiger partial charge is 0.481 e. The van der Waals surface area contributed by atoms with Crippen molar-refractivity contribution in [3.8, 4) is 0 Å². The van der Waals surface area contributed by atoms with Crippen LogP contribution in [0.3, 0.4) is 0 Å². The van der Waals surface area contributed by atoms with Crippen molar-refractivity contribution < 1.29 is 15.0 Å². The zero-order chi connectivity index (χ0) is 24.8. The lowest BCUT2D eigenvalue weighted by Crippen LogP contribution is -1.93. The maximum Gasteiger partial charge on any atom is 0.303 e. The summed E-state index contributed by atoms with van der Waals surface area (Å²) in [5, 5.41) is 17.1. The maximum absolute atomic E-state index is 10.2. The summed E-state index contributed by atoms with van der Waals surface area (Å²) in [6.45, 7) is 7.25. The molecule has 0 unspecified atom stereocenters. The second kappa shape index (κ2) is 31.4. The monoisotopic (exact) mass is 470 g/mol. The van der Waals surface area contributed by atoms with E-state index in [4.69, 9.17) is 10.2 Å². The summed E-state index contributed by atoms with van der Waals surface area (Å²) in [7, 11) is 0. The predicted molar refractivity (Wildman–Crippen MR) is 146 cm³/mol. The summed E-state index contributed by atoms with van der Waals surface area (Å²) >= 11 is 0. The van der Waals surface area contributed by atoms with E-state index in [-0.39, 0.29) is 0 Å². The Hall–Kier alpha value is -0.570. The number of carboxylic acid groups (broad SMARTS) is 1. The fraction of sp³-hybridized carbons (Fsp3) is 0.967. The molecule has 0 radical (unpaired) electrons. The van der Waals surface area contributed by atoms with E-state index in [1.807, 2.05) is 0 Å². The van der Waals surface area contributed by atoms with E-state index in [2.05, 4.69) is 20.8 Å². The average Bonchev–Trinajstić information content (AvgIpc) is 2.78. The number of hydrogen-bond donors (Lipinski definition) is 2. The highest BCUT2D eigenvalue weighted by Gasteiger charge is 1.97. The molecule has 0 aliphatic carbocycles. The zero-order valence-corrected chi connectivity index (χ0v) is 23.1. The van der Waals surface area contributed by atoms with Crippen molar-refractivity contribution in [2.45, 2.75) is 175 Å². The molecule has 0 aliphatic heterocycles. The van der Waals surface area contributed by atoms with Gasteiger partial charge in [-0.2, -0.15) is 0 Å². The lowest BCUT2D eigenvalue weighted by molar-refractivity contribution is -0.137. The van der Waals surface area contributed by atoms with E-state index < -0.39 is 5.97 Å². The second-order valence-corrected chi connectivity index (χ2v) is 10.5. The molecule has 200 valence electrons. The minimum atomic E-state index is -0.659. The molecular formula is C30H62O3. The first kappa shape index (κ1) is 34.6. The molecule has 0 spiro atoms. The summed E-state index contributed by atoms with van der Waals surface area (Å²) < 4.78 is 0. The van der Waals surface area contributed by atoms with Crippen LogP contribution in [-0.4, -0.2) is 22.8 Å². The predicted octanol–water partition coefficient (Wildman–Crippen LogP) is 10.1. The van der Waals surface area contributed by atoms with Crippen molar-refractivity contribution in [2.24, 2.45) is 5.92 Å². The molecule has 0 bridgehead atoms. The van der Waals surface area contributed by atoms with E-state index in [1.54, 1.807) is 0 Å². The number of rotatable bonds is 25. The van der Waals surface area contributed by atoms with Gasteiger partial charge in [-0.25, -0.2) is 0 Å². The summed E-state index contributed by atoms with van der Waals surface area (Å²) in [5.74, 6) is 0.227. The second-order valence-electron chi connectivity index (χ2n) is 10.5. The van der Waals surface area contributed by atoms with Crippen LogP contribution in [0, 0.1) is 5.92 Å². The number of carboxylic acids is 1. The first-order chi connectivity index (χ1) is 16.0. The number of hydrogen-bond acceptors (Lipinski definition) is 2. The van der Waals surface area contributed by atoms with Gasteiger partial charge in [0.1, 0.15) is 0 Å². The van der Waals surface area contributed by atoms with Gasteiger partial charge in [0.15, 0.2) is 0 Å². The Morgan fingerprint density at radius 2 is 0.879 bits per heavy atom. The number of aliphatic hydroxyl groups excluding tert-OH is 1. The lowest BCUT2D eigenvalue weighted by atomic mass is 10.0. The van der Waals surface area contributed by atoms with Crippen molar-refractivity contribution in [3.63, 3.8) is 0 Å². The Labute approximate surface area is 208 Å². The molecule has 0 aromatic carbocycles. The maximum atomic E-state index is 10.2. The van der Waals surface area contributed by atoms with Gasteiger partial charge < -0.3 is 10.2 Å². The van der Waals surface area contributed by atoms with E-state index in [0.717, 1.165) is 25.2 Å². The normalized spacial score (nSPS) is 10.9. The van der Waals surface area contributed by atoms with Crippen LogP contribution in [0.2, 0.25) is 0 Å². The molecule has 0 saturated heterocycles. The first-order valence-corrected chi connectivity index (χ1v) is 14.9. The summed E-state index contributed by atoms with van der Waals surface area (Å²) in [6.07, 6.45) is 30.7. The van der Waals surface area contributed by atoms with Crippen LogP contribution in [-0.2, 0) is 4.79 Å². The third-order valence-corrected chi connectivity index (χ3v) is 6.43. The molecule has 0 fully saturated rings. The number of aliphatic hydroxyl groups is 1. The molecular weight excluding hydrogens is 408 g/mol. The molecule has 0 saturated carbocycles. The molecule has 0 aliphatic rings. The average molecular weight is 471 g/mol. The van der Waals surface area contributed by atoms with Crippen molar-refractivity contribution in [1.82, 2.24) is 0 Å². The Bertz CT molecular complexity index is 354. The summed E-state index contributed by atoms with van der Waals surface area (Å²) in [5.41, 5.74) is 0. The Kier molecular flexibility index (Phi) is 33.0. The van der Waals surface area contributed by atoms with Gasteiger partial charge in [0.05, 0.1) is 0 Å². The van der Waals surface area contributed by atoms with Crippen molar-refractivity contribution in [1.29, 1.82) is 0 Å². The summed E-state index contributed by atoms with van der Waals surface area (Å²) in [6, 6.07) is 0. The van der Waals surface area contributed by atoms with Crippen LogP contribution in [0.4, 0.5) is 0 Å². The number of aliphatic carboxylic acids is 1. The third-order valence-electron chi connectivity index (χ3n) is 6.43. The molecule has 2 N–H and O–H groups in total. The smallest absolute Gasteiger partial charge is 0.303 e. The molecule has 0 heterocycles. The minimum Gasteiger partial charge on any atom is -0.481 e. The molecule has 0 atom stereocenters. The van der Waals surface area contributed by atoms with Crippen LogP contribution >= 0.6 is 0 Å². The fourth-order valence-corrected chi connectivity index (χ4v) is 4.20. The van der Waals surface area contributed by atoms with Gasteiger partial charge in [-0.1, -0.05) is 156 Å². The number of unbranched alkanes of at least 4 members (excludes halogenated alkanes) is 20. The van der Waals surface area contributed by atoms with Crippen LogP contribution in [0.5, 0.6) is 0 Å². The van der Waals surface area contributed by atoms with Crippen LogP contribution in [0.25, 0.3) is 0 Å². The highest BCUT2D eigenvalue weighted by atomic mass is 16.4. The minimum absolute atomic E-state index is 0.343. The van der Waals surface area contributed by atoms with Gasteiger partial charge in [-0.15, -0.1) is 0 Å². The molecule has 33 heavy (non-hydrogen) atoms. The fourth-order valence-electron chi connectivity index (χ4n) is 4.20. The summed E-state index contributed by atoms with van der Waals surface area (Å²) in [4.78, 5) is 10.2. The van der Waals surface area contributed by atoms with Gasteiger partial charge in [-0.05, 0) is 18.8 Å². The highest BCUT2D eigenvalue weighted by molar-refractivity contribution is 5.66. The molecule has 0 rings (SSSR count). The first-order valence-electron chi connectivity index (χ1n) is 14.9. The topological polar surface area (TPSA) is 57.5 Å². The van der Waals surface area contributed by atoms with Crippen LogP contribution in [0.15, 0.2) is 0 Å². The molecule has 0 aromatic heterocycles. The quantitative estimate of drug-likeness (QED) is 0.130. The van der Waals surface area contributed by atoms with Gasteiger partial charge >= 0.3 is 5.97 Å². The van der Waals surface area contributed by atoms with Gasteiger partial charge in [0.2, 0.25) is 0 Å². The molecule has 0 aromatic rings. The zero-order valence-electron chi connectivity index (χ0n) is 23.1. The number of carbonyl (C=O) groups is 1. The van der Waals surface area contributed by atoms with Crippen molar-refractivity contribution >= 4 is 5.97 Å². The van der Waals surface area contributed by atoms with E-state index in [1.165, 1.54) is 128 Å². The Morgan fingerprint density at radius 3 is 1.21 bits per heavy atom. The lowest BCUT2D eigenvalue weighted by Gasteiger charge is -2.04. The van der Waals surface area contributed by atoms with Crippen molar-refractivity contribution in [3.05, 3.63) is 0 Å². The SMILES string of the molecule is CC(C)CCCCCCCCCCCCCCCO.CCCCCCCCCCCC(=O)O. The van der Waals surface area contributed by atoms with Gasteiger partial charge in [-0.3, -0.25) is 4.79 Å². The molecule has 3 nitrogen and oxygen atoms in total. The van der Waals surface area contributed by atoms with E-state index >= 15 is 0 Å². The molecule has 3 heteroatoms. The van der Waals surface area contributed by atoms with Gasteiger partial charge in [0.25, 0.3) is 0 Å². The van der Waals surface area contributed by atoms with E-state index in [9.17, 15) is 4.79 Å². The highest BCUT2D eigenvalue weighted by Crippen LogP contribution is 2.14. The Morgan fingerprint density at radius 1 is 0.545 bits per heavy atom. The van der Waals surface area contributed by atoms with Crippen LogP contribution < -0.4 is 0 Å².